The topological polar surface area (TPSA) is 36.1 Å². The van der Waals surface area contributed by atoms with Gasteiger partial charge in [-0.2, -0.15) is 0 Å². The molecule has 2 fully saturated rings. The molecule has 1 aliphatic carbocycles. The van der Waals surface area contributed by atoms with Crippen LogP contribution in [0.2, 0.25) is 0 Å². The Morgan fingerprint density at radius 3 is 2.75 bits per heavy atom. The summed E-state index contributed by atoms with van der Waals surface area (Å²) < 4.78 is 0. The number of benzene rings is 1. The Hall–Kier alpha value is -1.61. The van der Waals surface area contributed by atoms with Crippen molar-refractivity contribution < 1.29 is 0 Å². The zero-order valence-corrected chi connectivity index (χ0v) is 18.3. The van der Waals surface area contributed by atoms with Crippen molar-refractivity contribution in [3.8, 4) is 0 Å². The summed E-state index contributed by atoms with van der Waals surface area (Å²) in [7, 11) is 0. The van der Waals surface area contributed by atoms with Gasteiger partial charge in [-0.15, -0.1) is 0 Å². The first-order valence-corrected chi connectivity index (χ1v) is 11.1. The third kappa shape index (κ3) is 3.66. The molecule has 0 radical (unpaired) electrons. The van der Waals surface area contributed by atoms with Crippen LogP contribution in [0.3, 0.4) is 0 Å². The van der Waals surface area contributed by atoms with Crippen LogP contribution in [0.5, 0.6) is 0 Å². The first kappa shape index (κ1) is 19.7. The highest BCUT2D eigenvalue weighted by Crippen LogP contribution is 2.52. The van der Waals surface area contributed by atoms with Crippen LogP contribution in [0.1, 0.15) is 76.6 Å². The molecule has 28 heavy (non-hydrogen) atoms. The standard InChI is InChI=1S/C25H36N2O/c1-6-7-8-18-9-10-22-20(11-18)23(28)21(17(2)26-22)14-27-16-25(5)13-19(27)12-24(3,4)15-25/h9-11,19H,6-8,12-16H2,1-5H3,(H,26,28)/t19-,25-/m0/s1. The molecular formula is C25H36N2O. The molecule has 0 amide bonds. The van der Waals surface area contributed by atoms with Crippen LogP contribution >= 0.6 is 0 Å². The number of aromatic amines is 1. The molecule has 0 spiro atoms. The van der Waals surface area contributed by atoms with Gasteiger partial charge in [0, 0.05) is 41.3 Å². The summed E-state index contributed by atoms with van der Waals surface area (Å²) in [4.78, 5) is 19.5. The molecule has 1 aromatic heterocycles. The van der Waals surface area contributed by atoms with E-state index in [2.05, 4.69) is 62.7 Å². The van der Waals surface area contributed by atoms with Crippen LogP contribution in [-0.4, -0.2) is 22.5 Å². The number of unbranched alkanes of at least 4 members (excludes halogenated alkanes) is 1. The van der Waals surface area contributed by atoms with E-state index in [4.69, 9.17) is 0 Å². The molecule has 2 aromatic rings. The van der Waals surface area contributed by atoms with Gasteiger partial charge in [0.2, 0.25) is 0 Å². The number of pyridine rings is 1. The van der Waals surface area contributed by atoms with E-state index in [1.165, 1.54) is 37.7 Å². The highest BCUT2D eigenvalue weighted by Gasteiger charge is 2.49. The number of hydrogen-bond acceptors (Lipinski definition) is 2. The molecule has 2 atom stereocenters. The fourth-order valence-corrected chi connectivity index (χ4v) is 6.19. The van der Waals surface area contributed by atoms with Crippen molar-refractivity contribution in [1.82, 2.24) is 9.88 Å². The number of fused-ring (bicyclic) bond motifs is 3. The minimum Gasteiger partial charge on any atom is -0.358 e. The van der Waals surface area contributed by atoms with E-state index in [1.807, 2.05) is 0 Å². The Morgan fingerprint density at radius 1 is 1.21 bits per heavy atom. The van der Waals surface area contributed by atoms with Crippen molar-refractivity contribution in [2.24, 2.45) is 10.8 Å². The summed E-state index contributed by atoms with van der Waals surface area (Å²) >= 11 is 0. The second kappa shape index (κ2) is 7.02. The SMILES string of the molecule is CCCCc1ccc2[nH]c(C)c(CN3C[C@@]4(C)C[C@@H]3CC(C)(C)C4)c(=O)c2c1. The lowest BCUT2D eigenvalue weighted by atomic mass is 9.65. The van der Waals surface area contributed by atoms with Gasteiger partial charge >= 0.3 is 0 Å². The third-order valence-electron chi connectivity index (χ3n) is 7.08. The van der Waals surface area contributed by atoms with Gasteiger partial charge in [0.25, 0.3) is 0 Å². The number of H-pyrrole nitrogens is 1. The number of aryl methyl sites for hydroxylation is 2. The first-order valence-electron chi connectivity index (χ1n) is 11.1. The second-order valence-corrected chi connectivity index (χ2v) is 10.7. The molecule has 2 heterocycles. The van der Waals surface area contributed by atoms with Crippen LogP contribution in [0, 0.1) is 17.8 Å². The maximum atomic E-state index is 13.4. The van der Waals surface area contributed by atoms with E-state index in [0.29, 0.717) is 16.9 Å². The minimum atomic E-state index is 0.232. The molecular weight excluding hydrogens is 344 g/mol. The summed E-state index contributed by atoms with van der Waals surface area (Å²) in [5.41, 5.74) is 5.29. The van der Waals surface area contributed by atoms with E-state index >= 15 is 0 Å². The first-order chi connectivity index (χ1) is 13.2. The molecule has 152 valence electrons. The highest BCUT2D eigenvalue weighted by molar-refractivity contribution is 5.80. The predicted octanol–water partition coefficient (Wildman–Crippen LogP) is 5.58. The Morgan fingerprint density at radius 2 is 2.00 bits per heavy atom. The zero-order valence-electron chi connectivity index (χ0n) is 18.3. The van der Waals surface area contributed by atoms with Crippen molar-refractivity contribution in [2.75, 3.05) is 6.54 Å². The van der Waals surface area contributed by atoms with E-state index in [0.717, 1.165) is 41.7 Å². The van der Waals surface area contributed by atoms with Crippen molar-refractivity contribution in [2.45, 2.75) is 85.7 Å². The lowest BCUT2D eigenvalue weighted by Gasteiger charge is -2.40. The van der Waals surface area contributed by atoms with Crippen molar-refractivity contribution >= 4 is 10.9 Å². The average Bonchev–Trinajstić information content (AvgIpc) is 2.85. The average molecular weight is 381 g/mol. The number of hydrogen-bond donors (Lipinski definition) is 1. The molecule has 1 N–H and O–H groups in total. The normalized spacial score (nSPS) is 26.8. The monoisotopic (exact) mass is 380 g/mol. The van der Waals surface area contributed by atoms with Gasteiger partial charge < -0.3 is 4.98 Å². The second-order valence-electron chi connectivity index (χ2n) is 10.7. The van der Waals surface area contributed by atoms with Crippen molar-refractivity contribution in [1.29, 1.82) is 0 Å². The number of rotatable bonds is 5. The van der Waals surface area contributed by atoms with Gasteiger partial charge in [-0.3, -0.25) is 9.69 Å². The van der Waals surface area contributed by atoms with Gasteiger partial charge in [-0.1, -0.05) is 40.2 Å². The smallest absolute Gasteiger partial charge is 0.194 e. The summed E-state index contributed by atoms with van der Waals surface area (Å²) in [5, 5.41) is 0.864. The largest absolute Gasteiger partial charge is 0.358 e. The molecule has 1 saturated carbocycles. The summed E-state index contributed by atoms with van der Waals surface area (Å²) in [5.74, 6) is 0. The van der Waals surface area contributed by atoms with Crippen LogP contribution in [-0.2, 0) is 13.0 Å². The predicted molar refractivity (Wildman–Crippen MR) is 118 cm³/mol. The summed E-state index contributed by atoms with van der Waals surface area (Å²) in [6.45, 7) is 13.4. The van der Waals surface area contributed by atoms with Gasteiger partial charge in [0.1, 0.15) is 0 Å². The lowest BCUT2D eigenvalue weighted by molar-refractivity contribution is 0.126. The van der Waals surface area contributed by atoms with Crippen LogP contribution < -0.4 is 5.43 Å². The van der Waals surface area contributed by atoms with Crippen LogP contribution in [0.25, 0.3) is 10.9 Å². The quantitative estimate of drug-likeness (QED) is 0.735. The number of nitrogens with zero attached hydrogens (tertiary/aromatic N) is 1. The van der Waals surface area contributed by atoms with Gasteiger partial charge in [-0.05, 0) is 67.6 Å². The van der Waals surface area contributed by atoms with Crippen LogP contribution in [0.15, 0.2) is 23.0 Å². The van der Waals surface area contributed by atoms with E-state index in [-0.39, 0.29) is 5.43 Å². The molecule has 2 bridgehead atoms. The van der Waals surface area contributed by atoms with Gasteiger partial charge in [0.05, 0.1) is 0 Å². The van der Waals surface area contributed by atoms with Crippen molar-refractivity contribution in [3.05, 3.63) is 45.2 Å². The minimum absolute atomic E-state index is 0.232. The number of nitrogens with one attached hydrogen (secondary N) is 1. The zero-order chi connectivity index (χ0) is 20.1. The van der Waals surface area contributed by atoms with E-state index in [9.17, 15) is 4.79 Å². The Labute approximate surface area is 169 Å². The molecule has 0 unspecified atom stereocenters. The van der Waals surface area contributed by atoms with Crippen molar-refractivity contribution in [3.63, 3.8) is 0 Å². The van der Waals surface area contributed by atoms with E-state index < -0.39 is 0 Å². The number of aromatic nitrogens is 1. The Bertz CT molecular complexity index is 941. The maximum Gasteiger partial charge on any atom is 0.194 e. The van der Waals surface area contributed by atoms with Crippen LogP contribution in [0.4, 0.5) is 0 Å². The van der Waals surface area contributed by atoms with Gasteiger partial charge in [0.15, 0.2) is 5.43 Å². The highest BCUT2D eigenvalue weighted by atomic mass is 16.1. The fraction of sp³-hybridized carbons (Fsp3) is 0.640. The van der Waals surface area contributed by atoms with Gasteiger partial charge in [-0.25, -0.2) is 0 Å². The fourth-order valence-electron chi connectivity index (χ4n) is 6.19. The molecule has 1 aliphatic heterocycles. The third-order valence-corrected chi connectivity index (χ3v) is 7.08. The summed E-state index contributed by atoms with van der Waals surface area (Å²) in [6.07, 6.45) is 7.22. The molecule has 2 aliphatic rings. The molecule has 1 aromatic carbocycles. The van der Waals surface area contributed by atoms with E-state index in [1.54, 1.807) is 0 Å². The Kier molecular flexibility index (Phi) is 4.94. The molecule has 3 nitrogen and oxygen atoms in total. The molecule has 1 saturated heterocycles. The summed E-state index contributed by atoms with van der Waals surface area (Å²) in [6, 6.07) is 6.99. The Balaban J connectivity index is 1.66. The number of likely N-dealkylation sites (tertiary alicyclic amines) is 1. The molecule has 4 rings (SSSR count). The maximum absolute atomic E-state index is 13.4. The lowest BCUT2D eigenvalue weighted by Crippen LogP contribution is -2.35. The molecule has 3 heteroatoms.